The lowest BCUT2D eigenvalue weighted by atomic mass is 10.1. The summed E-state index contributed by atoms with van der Waals surface area (Å²) >= 11 is 5.90. The molecule has 0 aromatic heterocycles. The summed E-state index contributed by atoms with van der Waals surface area (Å²) in [5.41, 5.74) is 0.507. The van der Waals surface area contributed by atoms with E-state index in [1.807, 2.05) is 0 Å². The van der Waals surface area contributed by atoms with Gasteiger partial charge in [0.2, 0.25) is 0 Å². The van der Waals surface area contributed by atoms with E-state index >= 15 is 0 Å². The van der Waals surface area contributed by atoms with Crippen LogP contribution in [0.15, 0.2) is 12.1 Å². The molecule has 4 heteroatoms. The molecule has 0 aliphatic heterocycles. The number of carbonyl (C=O) groups excluding carboxylic acids is 1. The fourth-order valence-electron chi connectivity index (χ4n) is 1.12. The molecule has 1 aromatic rings. The Morgan fingerprint density at radius 2 is 1.93 bits per heavy atom. The van der Waals surface area contributed by atoms with Crippen molar-refractivity contribution in [3.8, 4) is 11.5 Å². The van der Waals surface area contributed by atoms with Crippen LogP contribution in [0, 0.1) is 0 Å². The lowest BCUT2D eigenvalue weighted by molar-refractivity contribution is 0.101. The lowest BCUT2D eigenvalue weighted by Gasteiger charge is -2.10. The van der Waals surface area contributed by atoms with Gasteiger partial charge in [-0.05, 0) is 19.1 Å². The topological polar surface area (TPSA) is 35.5 Å². The van der Waals surface area contributed by atoms with Crippen molar-refractivity contribution in [1.29, 1.82) is 0 Å². The van der Waals surface area contributed by atoms with Gasteiger partial charge in [0, 0.05) is 5.56 Å². The number of benzene rings is 1. The van der Waals surface area contributed by atoms with Gasteiger partial charge in [0.05, 0.1) is 19.2 Å². The van der Waals surface area contributed by atoms with Gasteiger partial charge in [-0.1, -0.05) is 11.6 Å². The average molecular weight is 215 g/mol. The van der Waals surface area contributed by atoms with Crippen LogP contribution in [0.2, 0.25) is 5.02 Å². The summed E-state index contributed by atoms with van der Waals surface area (Å²) in [7, 11) is 3.00. The summed E-state index contributed by atoms with van der Waals surface area (Å²) in [6.45, 7) is 1.47. The Balaban J connectivity index is 3.31. The van der Waals surface area contributed by atoms with Crippen LogP contribution in [0.25, 0.3) is 0 Å². The zero-order valence-electron chi connectivity index (χ0n) is 8.26. The van der Waals surface area contributed by atoms with Crippen LogP contribution in [0.4, 0.5) is 0 Å². The molecule has 0 heterocycles. The number of halogens is 1. The molecule has 3 nitrogen and oxygen atoms in total. The predicted molar refractivity (Wildman–Crippen MR) is 54.6 cm³/mol. The predicted octanol–water partition coefficient (Wildman–Crippen LogP) is 2.56. The van der Waals surface area contributed by atoms with Gasteiger partial charge in [0.25, 0.3) is 0 Å². The number of ether oxygens (including phenoxy) is 2. The van der Waals surface area contributed by atoms with Crippen molar-refractivity contribution in [2.45, 2.75) is 6.92 Å². The van der Waals surface area contributed by atoms with Gasteiger partial charge >= 0.3 is 0 Å². The number of methoxy groups -OCH3 is 2. The summed E-state index contributed by atoms with van der Waals surface area (Å²) in [6, 6.07) is 3.16. The van der Waals surface area contributed by atoms with Crippen LogP contribution >= 0.6 is 11.6 Å². The normalized spacial score (nSPS) is 9.71. The van der Waals surface area contributed by atoms with E-state index in [4.69, 9.17) is 21.1 Å². The first kappa shape index (κ1) is 10.9. The molecule has 0 aliphatic carbocycles. The molecular weight excluding hydrogens is 204 g/mol. The molecule has 0 aliphatic rings. The highest BCUT2D eigenvalue weighted by atomic mass is 35.5. The molecule has 1 aromatic carbocycles. The van der Waals surface area contributed by atoms with Gasteiger partial charge in [-0.15, -0.1) is 0 Å². The standard InChI is InChI=1S/C10H11ClO3/c1-6(12)7-4-8(11)10(14-3)9(5-7)13-2/h4-5H,1-3H3. The minimum Gasteiger partial charge on any atom is -0.493 e. The SMILES string of the molecule is COc1cc(C(C)=O)cc(Cl)c1OC. The molecule has 14 heavy (non-hydrogen) atoms. The second kappa shape index (κ2) is 4.33. The number of ketones is 1. The van der Waals surface area contributed by atoms with Gasteiger partial charge in [-0.25, -0.2) is 0 Å². The van der Waals surface area contributed by atoms with E-state index in [2.05, 4.69) is 0 Å². The summed E-state index contributed by atoms with van der Waals surface area (Å²) in [4.78, 5) is 11.1. The molecule has 0 unspecified atom stereocenters. The first-order valence-corrected chi connectivity index (χ1v) is 4.40. The molecule has 0 saturated heterocycles. The molecule has 0 bridgehead atoms. The fraction of sp³-hybridized carbons (Fsp3) is 0.300. The Kier molecular flexibility index (Phi) is 3.36. The Labute approximate surface area is 87.6 Å². The highest BCUT2D eigenvalue weighted by molar-refractivity contribution is 6.32. The molecule has 0 saturated carbocycles. The Bertz CT molecular complexity index is 361. The molecule has 0 radical (unpaired) electrons. The first-order valence-electron chi connectivity index (χ1n) is 4.02. The zero-order chi connectivity index (χ0) is 10.7. The molecular formula is C10H11ClO3. The van der Waals surface area contributed by atoms with Crippen LogP contribution in [-0.4, -0.2) is 20.0 Å². The third-order valence-corrected chi connectivity index (χ3v) is 2.12. The summed E-state index contributed by atoms with van der Waals surface area (Å²) in [5.74, 6) is 0.845. The molecule has 0 spiro atoms. The second-order valence-corrected chi connectivity index (χ2v) is 3.16. The van der Waals surface area contributed by atoms with Crippen molar-refractivity contribution < 1.29 is 14.3 Å². The smallest absolute Gasteiger partial charge is 0.179 e. The highest BCUT2D eigenvalue weighted by Crippen LogP contribution is 2.35. The minimum absolute atomic E-state index is 0.0622. The van der Waals surface area contributed by atoms with Crippen molar-refractivity contribution in [3.05, 3.63) is 22.7 Å². The van der Waals surface area contributed by atoms with E-state index in [-0.39, 0.29) is 5.78 Å². The van der Waals surface area contributed by atoms with E-state index in [1.165, 1.54) is 21.1 Å². The van der Waals surface area contributed by atoms with E-state index in [0.29, 0.717) is 22.1 Å². The number of rotatable bonds is 3. The monoisotopic (exact) mass is 214 g/mol. The van der Waals surface area contributed by atoms with Crippen LogP contribution in [-0.2, 0) is 0 Å². The average Bonchev–Trinajstić information content (AvgIpc) is 2.16. The number of hydrogen-bond acceptors (Lipinski definition) is 3. The van der Waals surface area contributed by atoms with Crippen molar-refractivity contribution >= 4 is 17.4 Å². The van der Waals surface area contributed by atoms with E-state index < -0.39 is 0 Å². The zero-order valence-corrected chi connectivity index (χ0v) is 9.01. The highest BCUT2D eigenvalue weighted by Gasteiger charge is 2.12. The summed E-state index contributed by atoms with van der Waals surface area (Å²) in [6.07, 6.45) is 0. The second-order valence-electron chi connectivity index (χ2n) is 2.75. The molecule has 0 amide bonds. The number of carbonyl (C=O) groups is 1. The third-order valence-electron chi connectivity index (χ3n) is 1.84. The molecule has 0 fully saturated rings. The van der Waals surface area contributed by atoms with E-state index in [0.717, 1.165) is 0 Å². The van der Waals surface area contributed by atoms with Crippen LogP contribution in [0.1, 0.15) is 17.3 Å². The third kappa shape index (κ3) is 1.99. The maximum absolute atomic E-state index is 11.1. The van der Waals surface area contributed by atoms with Gasteiger partial charge in [0.15, 0.2) is 17.3 Å². The van der Waals surface area contributed by atoms with Crippen LogP contribution < -0.4 is 9.47 Å². The maximum Gasteiger partial charge on any atom is 0.179 e. The summed E-state index contributed by atoms with van der Waals surface area (Å²) < 4.78 is 10.1. The Morgan fingerprint density at radius 1 is 1.29 bits per heavy atom. The van der Waals surface area contributed by atoms with Crippen molar-refractivity contribution in [3.63, 3.8) is 0 Å². The quantitative estimate of drug-likeness (QED) is 0.726. The number of Topliss-reactive ketones (excluding diaryl/α,β-unsaturated/α-hetero) is 1. The lowest BCUT2D eigenvalue weighted by Crippen LogP contribution is -1.97. The Hall–Kier alpha value is -1.22. The van der Waals surface area contributed by atoms with Crippen molar-refractivity contribution in [2.75, 3.05) is 14.2 Å². The summed E-state index contributed by atoms with van der Waals surface area (Å²) in [5, 5.41) is 0.372. The van der Waals surface area contributed by atoms with Crippen LogP contribution in [0.5, 0.6) is 11.5 Å². The minimum atomic E-state index is -0.0622. The molecule has 76 valence electrons. The molecule has 0 N–H and O–H groups in total. The maximum atomic E-state index is 11.1. The van der Waals surface area contributed by atoms with E-state index in [1.54, 1.807) is 12.1 Å². The van der Waals surface area contributed by atoms with E-state index in [9.17, 15) is 4.79 Å². The fourth-order valence-corrected chi connectivity index (χ4v) is 1.41. The van der Waals surface area contributed by atoms with Crippen molar-refractivity contribution in [2.24, 2.45) is 0 Å². The van der Waals surface area contributed by atoms with Gasteiger partial charge in [0.1, 0.15) is 0 Å². The molecule has 1 rings (SSSR count). The van der Waals surface area contributed by atoms with Crippen LogP contribution in [0.3, 0.4) is 0 Å². The Morgan fingerprint density at radius 3 is 2.36 bits per heavy atom. The van der Waals surface area contributed by atoms with Gasteiger partial charge in [-0.3, -0.25) is 4.79 Å². The molecule has 0 atom stereocenters. The first-order chi connectivity index (χ1) is 6.60. The van der Waals surface area contributed by atoms with Gasteiger partial charge in [-0.2, -0.15) is 0 Å². The largest absolute Gasteiger partial charge is 0.493 e. The van der Waals surface area contributed by atoms with Crippen molar-refractivity contribution in [1.82, 2.24) is 0 Å². The van der Waals surface area contributed by atoms with Gasteiger partial charge < -0.3 is 9.47 Å². The number of hydrogen-bond donors (Lipinski definition) is 0.